The Morgan fingerprint density at radius 2 is 1.67 bits per heavy atom. The van der Waals surface area contributed by atoms with Gasteiger partial charge in [-0.1, -0.05) is 17.7 Å². The van der Waals surface area contributed by atoms with Crippen molar-refractivity contribution in [2.75, 3.05) is 43.1 Å². The summed E-state index contributed by atoms with van der Waals surface area (Å²) in [6.45, 7) is 7.82. The van der Waals surface area contributed by atoms with Gasteiger partial charge in [0.1, 0.15) is 0 Å². The summed E-state index contributed by atoms with van der Waals surface area (Å²) in [7, 11) is -3.54. The smallest absolute Gasteiger partial charge is 0.243 e. The lowest BCUT2D eigenvalue weighted by molar-refractivity contribution is -0.115. The van der Waals surface area contributed by atoms with Crippen LogP contribution in [-0.2, 0) is 19.6 Å². The monoisotopic (exact) mass is 431 g/mol. The number of aryl methyl sites for hydroxylation is 1. The third kappa shape index (κ3) is 5.38. The van der Waals surface area contributed by atoms with Crippen LogP contribution in [0.25, 0.3) is 0 Å². The summed E-state index contributed by atoms with van der Waals surface area (Å²) in [4.78, 5) is 14.8. The zero-order chi connectivity index (χ0) is 21.7. The minimum Gasteiger partial charge on any atom is -0.379 e. The van der Waals surface area contributed by atoms with Gasteiger partial charge in [-0.15, -0.1) is 0 Å². The maximum absolute atomic E-state index is 12.7. The number of ether oxygens (including phenoxy) is 1. The molecule has 2 aromatic rings. The molecule has 1 fully saturated rings. The summed E-state index contributed by atoms with van der Waals surface area (Å²) in [5.41, 5.74) is 2.71. The molecule has 0 bridgehead atoms. The normalized spacial score (nSPS) is 15.2. The molecule has 2 aromatic carbocycles. The third-order valence-electron chi connectivity index (χ3n) is 5.05. The minimum absolute atomic E-state index is 0.152. The minimum atomic E-state index is -3.54. The summed E-state index contributed by atoms with van der Waals surface area (Å²) < 4.78 is 32.0. The van der Waals surface area contributed by atoms with Crippen LogP contribution in [0.5, 0.6) is 0 Å². The van der Waals surface area contributed by atoms with Gasteiger partial charge in [-0.25, -0.2) is 8.42 Å². The Hall–Kier alpha value is -2.42. The summed E-state index contributed by atoms with van der Waals surface area (Å²) in [5, 5.41) is 2.86. The molecule has 0 aromatic heterocycles. The summed E-state index contributed by atoms with van der Waals surface area (Å²) in [5.74, 6) is -0.159. The quantitative estimate of drug-likeness (QED) is 0.729. The van der Waals surface area contributed by atoms with Gasteiger partial charge < -0.3 is 15.0 Å². The van der Waals surface area contributed by atoms with Gasteiger partial charge in [-0.05, 0) is 57.2 Å². The fourth-order valence-electron chi connectivity index (χ4n) is 3.31. The van der Waals surface area contributed by atoms with E-state index in [1.165, 1.54) is 22.0 Å². The number of morpholine rings is 1. The third-order valence-corrected chi connectivity index (χ3v) is 6.96. The van der Waals surface area contributed by atoms with E-state index >= 15 is 0 Å². The summed E-state index contributed by atoms with van der Waals surface area (Å²) in [6.07, 6.45) is 0. The number of hydrogen-bond acceptors (Lipinski definition) is 5. The number of nitrogens with one attached hydrogen (secondary N) is 1. The molecule has 0 spiro atoms. The average Bonchev–Trinajstić information content (AvgIpc) is 2.73. The second-order valence-corrected chi connectivity index (χ2v) is 9.58. The van der Waals surface area contributed by atoms with Crippen molar-refractivity contribution in [2.45, 2.75) is 31.7 Å². The standard InChI is InChI=1S/C22H29N3O4S/c1-17(2)25(20-8-4-18(3)5-9-20)16-22(26)23-19-6-10-21(11-7-19)30(27,28)24-12-14-29-15-13-24/h4-11,17H,12-16H2,1-3H3,(H,23,26). The Kier molecular flexibility index (Phi) is 7.12. The first-order valence-corrected chi connectivity index (χ1v) is 11.5. The van der Waals surface area contributed by atoms with Crippen molar-refractivity contribution in [3.8, 4) is 0 Å². The highest BCUT2D eigenvalue weighted by Crippen LogP contribution is 2.21. The molecule has 1 aliphatic heterocycles. The second-order valence-electron chi connectivity index (χ2n) is 7.65. The van der Waals surface area contributed by atoms with E-state index in [2.05, 4.69) is 5.32 Å². The van der Waals surface area contributed by atoms with Crippen LogP contribution in [0.1, 0.15) is 19.4 Å². The van der Waals surface area contributed by atoms with Crippen molar-refractivity contribution in [1.82, 2.24) is 4.31 Å². The van der Waals surface area contributed by atoms with E-state index in [0.29, 0.717) is 32.0 Å². The van der Waals surface area contributed by atoms with Crippen LogP contribution in [0.2, 0.25) is 0 Å². The molecule has 0 atom stereocenters. The zero-order valence-electron chi connectivity index (χ0n) is 17.7. The SMILES string of the molecule is Cc1ccc(N(CC(=O)Nc2ccc(S(=O)(=O)N3CCOCC3)cc2)C(C)C)cc1. The van der Waals surface area contributed by atoms with Gasteiger partial charge in [0.25, 0.3) is 0 Å². The molecule has 7 nitrogen and oxygen atoms in total. The first kappa shape index (κ1) is 22.3. The molecular weight excluding hydrogens is 402 g/mol. The Balaban J connectivity index is 1.65. The summed E-state index contributed by atoms with van der Waals surface area (Å²) >= 11 is 0. The van der Waals surface area contributed by atoms with Crippen LogP contribution in [0.15, 0.2) is 53.4 Å². The molecule has 8 heteroatoms. The van der Waals surface area contributed by atoms with E-state index in [1.807, 2.05) is 49.9 Å². The number of nitrogens with zero attached hydrogens (tertiary/aromatic N) is 2. The van der Waals surface area contributed by atoms with Gasteiger partial charge >= 0.3 is 0 Å². The maximum Gasteiger partial charge on any atom is 0.243 e. The predicted octanol–water partition coefficient (Wildman–Crippen LogP) is 2.87. The van der Waals surface area contributed by atoms with Crippen molar-refractivity contribution in [3.63, 3.8) is 0 Å². The zero-order valence-corrected chi connectivity index (χ0v) is 18.5. The van der Waals surface area contributed by atoms with Gasteiger partial charge in [-0.2, -0.15) is 4.31 Å². The van der Waals surface area contributed by atoms with Gasteiger partial charge in [0.15, 0.2) is 0 Å². The molecule has 1 N–H and O–H groups in total. The molecular formula is C22H29N3O4S. The fourth-order valence-corrected chi connectivity index (χ4v) is 4.72. The van der Waals surface area contributed by atoms with Crippen LogP contribution in [0.3, 0.4) is 0 Å². The lowest BCUT2D eigenvalue weighted by Gasteiger charge is -2.28. The number of carbonyl (C=O) groups is 1. The number of anilines is 2. The van der Waals surface area contributed by atoms with Crippen LogP contribution in [-0.4, -0.2) is 57.5 Å². The van der Waals surface area contributed by atoms with Crippen LogP contribution >= 0.6 is 0 Å². The number of benzene rings is 2. The molecule has 162 valence electrons. The molecule has 1 saturated heterocycles. The Morgan fingerprint density at radius 3 is 2.23 bits per heavy atom. The number of carbonyl (C=O) groups excluding carboxylic acids is 1. The number of hydrogen-bond donors (Lipinski definition) is 1. The predicted molar refractivity (Wildman–Crippen MR) is 118 cm³/mol. The van der Waals surface area contributed by atoms with Gasteiger partial charge in [-0.3, -0.25) is 4.79 Å². The highest BCUT2D eigenvalue weighted by molar-refractivity contribution is 7.89. The molecule has 0 unspecified atom stereocenters. The van der Waals surface area contributed by atoms with Crippen LogP contribution in [0, 0.1) is 6.92 Å². The Labute approximate surface area is 178 Å². The maximum atomic E-state index is 12.7. The van der Waals surface area contributed by atoms with Crippen molar-refractivity contribution < 1.29 is 17.9 Å². The lowest BCUT2D eigenvalue weighted by atomic mass is 10.2. The van der Waals surface area contributed by atoms with Crippen molar-refractivity contribution >= 4 is 27.3 Å². The number of amides is 1. The summed E-state index contributed by atoms with van der Waals surface area (Å²) in [6, 6.07) is 14.5. The Morgan fingerprint density at radius 1 is 1.07 bits per heavy atom. The van der Waals surface area contributed by atoms with Crippen molar-refractivity contribution in [1.29, 1.82) is 0 Å². The van der Waals surface area contributed by atoms with Crippen LogP contribution in [0.4, 0.5) is 11.4 Å². The highest BCUT2D eigenvalue weighted by Gasteiger charge is 2.26. The van der Waals surface area contributed by atoms with Crippen LogP contribution < -0.4 is 10.2 Å². The first-order chi connectivity index (χ1) is 14.3. The van der Waals surface area contributed by atoms with E-state index in [-0.39, 0.29) is 23.4 Å². The van der Waals surface area contributed by atoms with E-state index in [0.717, 1.165) is 5.69 Å². The highest BCUT2D eigenvalue weighted by atomic mass is 32.2. The second kappa shape index (κ2) is 9.59. The van der Waals surface area contributed by atoms with Crippen molar-refractivity contribution in [3.05, 3.63) is 54.1 Å². The molecule has 0 aliphatic carbocycles. The average molecular weight is 432 g/mol. The fraction of sp³-hybridized carbons (Fsp3) is 0.409. The molecule has 1 aliphatic rings. The molecule has 1 heterocycles. The van der Waals surface area contributed by atoms with Crippen molar-refractivity contribution in [2.24, 2.45) is 0 Å². The van der Waals surface area contributed by atoms with E-state index in [1.54, 1.807) is 12.1 Å². The number of sulfonamides is 1. The first-order valence-electron chi connectivity index (χ1n) is 10.1. The molecule has 0 saturated carbocycles. The van der Waals surface area contributed by atoms with Gasteiger partial charge in [0, 0.05) is 30.5 Å². The molecule has 0 radical (unpaired) electrons. The molecule has 30 heavy (non-hydrogen) atoms. The van der Waals surface area contributed by atoms with Gasteiger partial charge in [0.2, 0.25) is 15.9 Å². The van der Waals surface area contributed by atoms with E-state index in [4.69, 9.17) is 4.74 Å². The molecule has 3 rings (SSSR count). The molecule has 1 amide bonds. The largest absolute Gasteiger partial charge is 0.379 e. The topological polar surface area (TPSA) is 79.0 Å². The Bertz CT molecular complexity index is 951. The van der Waals surface area contributed by atoms with E-state index in [9.17, 15) is 13.2 Å². The number of rotatable bonds is 7. The van der Waals surface area contributed by atoms with Gasteiger partial charge in [0.05, 0.1) is 24.7 Å². The van der Waals surface area contributed by atoms with E-state index < -0.39 is 10.0 Å². The lowest BCUT2D eigenvalue weighted by Crippen LogP contribution is -2.40.